The monoisotopic (exact) mass is 335 g/mol. The quantitative estimate of drug-likeness (QED) is 0.563. The van der Waals surface area contributed by atoms with Crippen molar-refractivity contribution in [1.82, 2.24) is 15.1 Å². The average Bonchev–Trinajstić information content (AvgIpc) is 3.26. The van der Waals surface area contributed by atoms with Crippen molar-refractivity contribution in [2.24, 2.45) is 5.92 Å². The van der Waals surface area contributed by atoms with E-state index in [0.717, 1.165) is 12.8 Å². The lowest BCUT2D eigenvalue weighted by Gasteiger charge is -2.23. The molecule has 4 amide bonds. The Kier molecular flexibility index (Phi) is 5.16. The maximum absolute atomic E-state index is 12.2. The van der Waals surface area contributed by atoms with Gasteiger partial charge in [0.15, 0.2) is 0 Å². The van der Waals surface area contributed by atoms with E-state index >= 15 is 0 Å². The van der Waals surface area contributed by atoms with Gasteiger partial charge in [0.05, 0.1) is 5.92 Å². The van der Waals surface area contributed by atoms with Crippen LogP contribution in [0.25, 0.3) is 0 Å². The molecule has 0 radical (unpaired) electrons. The van der Waals surface area contributed by atoms with E-state index < -0.39 is 0 Å². The van der Waals surface area contributed by atoms with Crippen molar-refractivity contribution in [3.8, 4) is 0 Å². The second-order valence-electron chi connectivity index (χ2n) is 6.97. The summed E-state index contributed by atoms with van der Waals surface area (Å²) in [5, 5.41) is 2.84. The lowest BCUT2D eigenvalue weighted by atomic mass is 10.1. The molecule has 0 spiro atoms. The number of nitrogens with one attached hydrogen (secondary N) is 1. The summed E-state index contributed by atoms with van der Waals surface area (Å²) in [7, 11) is 0. The van der Waals surface area contributed by atoms with Crippen molar-refractivity contribution in [1.29, 1.82) is 0 Å². The molecule has 3 rings (SSSR count). The topological polar surface area (TPSA) is 86.8 Å². The lowest BCUT2D eigenvalue weighted by molar-refractivity contribution is -0.138. The van der Waals surface area contributed by atoms with Crippen LogP contribution in [-0.2, 0) is 19.2 Å². The fourth-order valence-corrected chi connectivity index (χ4v) is 3.94. The summed E-state index contributed by atoms with van der Waals surface area (Å²) in [4.78, 5) is 50.5. The number of hydrogen-bond donors (Lipinski definition) is 1. The Balaban J connectivity index is 1.38. The normalized spacial score (nSPS) is 25.2. The molecule has 0 aromatic heterocycles. The van der Waals surface area contributed by atoms with Crippen LogP contribution in [0.3, 0.4) is 0 Å². The van der Waals surface area contributed by atoms with Gasteiger partial charge in [0.2, 0.25) is 23.6 Å². The van der Waals surface area contributed by atoms with E-state index in [-0.39, 0.29) is 29.5 Å². The molecule has 7 nitrogen and oxygen atoms in total. The first kappa shape index (κ1) is 16.9. The van der Waals surface area contributed by atoms with Crippen LogP contribution in [0.5, 0.6) is 0 Å². The molecule has 1 N–H and O–H groups in total. The Labute approximate surface area is 141 Å². The Hall–Kier alpha value is -1.92. The van der Waals surface area contributed by atoms with E-state index in [4.69, 9.17) is 0 Å². The van der Waals surface area contributed by atoms with E-state index in [1.165, 1.54) is 17.7 Å². The molecule has 1 saturated carbocycles. The zero-order valence-corrected chi connectivity index (χ0v) is 14.0. The fraction of sp³-hybridized carbons (Fsp3) is 0.765. The minimum Gasteiger partial charge on any atom is -0.356 e. The molecule has 2 saturated heterocycles. The number of likely N-dealkylation sites (tertiary alicyclic amines) is 2. The molecule has 132 valence electrons. The van der Waals surface area contributed by atoms with Gasteiger partial charge in [-0.25, -0.2) is 0 Å². The molecular weight excluding hydrogens is 310 g/mol. The van der Waals surface area contributed by atoms with Crippen molar-refractivity contribution in [3.63, 3.8) is 0 Å². The van der Waals surface area contributed by atoms with Crippen LogP contribution < -0.4 is 5.32 Å². The van der Waals surface area contributed by atoms with E-state index in [1.54, 1.807) is 0 Å². The van der Waals surface area contributed by atoms with Gasteiger partial charge >= 0.3 is 0 Å². The third kappa shape index (κ3) is 3.60. The average molecular weight is 335 g/mol. The first-order valence-corrected chi connectivity index (χ1v) is 8.96. The highest BCUT2D eigenvalue weighted by molar-refractivity contribution is 6.01. The number of nitrogens with zero attached hydrogens (tertiary/aromatic N) is 2. The SMILES string of the molecule is O=C(NCCCN1C(=O)CCC1=O)C1CC(=O)N(C2CCCC2)C1. The standard InChI is InChI=1S/C17H25N3O4/c21-14-6-7-15(22)19(14)9-3-8-18-17(24)12-10-16(23)20(11-12)13-4-1-2-5-13/h12-13H,1-11H2,(H,18,24). The summed E-state index contributed by atoms with van der Waals surface area (Å²) in [6.07, 6.45) is 5.88. The summed E-state index contributed by atoms with van der Waals surface area (Å²) in [5.41, 5.74) is 0. The Morgan fingerprint density at radius 2 is 1.71 bits per heavy atom. The molecule has 3 fully saturated rings. The maximum atomic E-state index is 12.2. The third-order valence-electron chi connectivity index (χ3n) is 5.31. The van der Waals surface area contributed by atoms with Crippen LogP contribution in [0.1, 0.15) is 51.4 Å². The first-order valence-electron chi connectivity index (χ1n) is 8.96. The summed E-state index contributed by atoms with van der Waals surface area (Å²) < 4.78 is 0. The second kappa shape index (κ2) is 7.32. The lowest BCUT2D eigenvalue weighted by Crippen LogP contribution is -2.38. The number of carbonyl (C=O) groups excluding carboxylic acids is 4. The first-order chi connectivity index (χ1) is 11.6. The number of rotatable bonds is 6. The summed E-state index contributed by atoms with van der Waals surface area (Å²) >= 11 is 0. The molecule has 2 heterocycles. The minimum absolute atomic E-state index is 0.0929. The molecule has 0 aromatic rings. The zero-order chi connectivity index (χ0) is 17.1. The van der Waals surface area contributed by atoms with Gasteiger partial charge in [-0.2, -0.15) is 0 Å². The molecule has 3 aliphatic rings. The van der Waals surface area contributed by atoms with Gasteiger partial charge in [-0.15, -0.1) is 0 Å². The van der Waals surface area contributed by atoms with E-state index in [2.05, 4.69) is 5.32 Å². The fourth-order valence-electron chi connectivity index (χ4n) is 3.94. The van der Waals surface area contributed by atoms with Crippen LogP contribution in [0.4, 0.5) is 0 Å². The summed E-state index contributed by atoms with van der Waals surface area (Å²) in [6.45, 7) is 1.30. The Morgan fingerprint density at radius 1 is 1.04 bits per heavy atom. The van der Waals surface area contributed by atoms with Gasteiger partial charge in [-0.1, -0.05) is 12.8 Å². The number of imide groups is 1. The van der Waals surface area contributed by atoms with E-state index in [1.807, 2.05) is 4.90 Å². The minimum atomic E-state index is -0.270. The van der Waals surface area contributed by atoms with Crippen LogP contribution >= 0.6 is 0 Å². The van der Waals surface area contributed by atoms with Crippen molar-refractivity contribution >= 4 is 23.6 Å². The highest BCUT2D eigenvalue weighted by atomic mass is 16.2. The third-order valence-corrected chi connectivity index (χ3v) is 5.31. The molecule has 0 bridgehead atoms. The van der Waals surface area contributed by atoms with Gasteiger partial charge in [-0.05, 0) is 19.3 Å². The maximum Gasteiger partial charge on any atom is 0.229 e. The van der Waals surface area contributed by atoms with Crippen molar-refractivity contribution < 1.29 is 19.2 Å². The van der Waals surface area contributed by atoms with E-state index in [0.29, 0.717) is 51.4 Å². The predicted octanol–water partition coefficient (Wildman–Crippen LogP) is 0.433. The number of carbonyl (C=O) groups is 4. The van der Waals surface area contributed by atoms with Crippen molar-refractivity contribution in [2.45, 2.75) is 57.4 Å². The number of amides is 4. The van der Waals surface area contributed by atoms with Crippen molar-refractivity contribution in [3.05, 3.63) is 0 Å². The van der Waals surface area contributed by atoms with Crippen LogP contribution in [0.2, 0.25) is 0 Å². The molecule has 0 aromatic carbocycles. The second-order valence-corrected chi connectivity index (χ2v) is 6.97. The molecule has 24 heavy (non-hydrogen) atoms. The molecular formula is C17H25N3O4. The Bertz CT molecular complexity index is 526. The summed E-state index contributed by atoms with van der Waals surface area (Å²) in [5.74, 6) is -0.522. The smallest absolute Gasteiger partial charge is 0.229 e. The van der Waals surface area contributed by atoms with Gasteiger partial charge in [-0.3, -0.25) is 24.1 Å². The highest BCUT2D eigenvalue weighted by Gasteiger charge is 2.38. The zero-order valence-electron chi connectivity index (χ0n) is 14.0. The Morgan fingerprint density at radius 3 is 2.38 bits per heavy atom. The molecule has 1 atom stereocenters. The molecule has 1 aliphatic carbocycles. The van der Waals surface area contributed by atoms with Crippen molar-refractivity contribution in [2.75, 3.05) is 19.6 Å². The number of hydrogen-bond acceptors (Lipinski definition) is 4. The summed E-state index contributed by atoms with van der Waals surface area (Å²) in [6, 6.07) is 0.322. The molecule has 1 unspecified atom stereocenters. The van der Waals surface area contributed by atoms with Gasteiger partial charge in [0, 0.05) is 44.9 Å². The van der Waals surface area contributed by atoms with E-state index in [9.17, 15) is 19.2 Å². The highest BCUT2D eigenvalue weighted by Crippen LogP contribution is 2.29. The van der Waals surface area contributed by atoms with Crippen LogP contribution in [-0.4, -0.2) is 59.1 Å². The van der Waals surface area contributed by atoms with Crippen LogP contribution in [0.15, 0.2) is 0 Å². The van der Waals surface area contributed by atoms with Gasteiger partial charge in [0.25, 0.3) is 0 Å². The van der Waals surface area contributed by atoms with Crippen LogP contribution in [0, 0.1) is 5.92 Å². The van der Waals surface area contributed by atoms with Gasteiger partial charge < -0.3 is 10.2 Å². The predicted molar refractivity (Wildman–Crippen MR) is 85.7 cm³/mol. The van der Waals surface area contributed by atoms with Gasteiger partial charge in [0.1, 0.15) is 0 Å². The molecule has 7 heteroatoms. The largest absolute Gasteiger partial charge is 0.356 e. The molecule has 2 aliphatic heterocycles.